The van der Waals surface area contributed by atoms with Crippen LogP contribution < -0.4 is 10.1 Å². The van der Waals surface area contributed by atoms with Gasteiger partial charge < -0.3 is 10.1 Å². The number of imidazole rings is 1. The summed E-state index contributed by atoms with van der Waals surface area (Å²) in [5, 5.41) is 4.88. The number of anilines is 1. The highest BCUT2D eigenvalue weighted by atomic mass is 32.1. The third kappa shape index (κ3) is 3.90. The van der Waals surface area contributed by atoms with E-state index in [1.54, 1.807) is 11.3 Å². The SMILES string of the molecule is CCCCOc1ccccc1NC(=O)Cc1cn2ccsc2n1. The van der Waals surface area contributed by atoms with Gasteiger partial charge in [0.2, 0.25) is 5.91 Å². The third-order valence-electron chi connectivity index (χ3n) is 3.40. The molecule has 120 valence electrons. The fraction of sp³-hybridized carbons (Fsp3) is 0.294. The van der Waals surface area contributed by atoms with Gasteiger partial charge in [0, 0.05) is 17.8 Å². The number of ether oxygens (including phenoxy) is 1. The summed E-state index contributed by atoms with van der Waals surface area (Å²) in [6.45, 7) is 2.77. The number of benzene rings is 1. The number of nitrogens with one attached hydrogen (secondary N) is 1. The number of amides is 1. The van der Waals surface area contributed by atoms with Crippen LogP contribution in [0.5, 0.6) is 5.75 Å². The summed E-state index contributed by atoms with van der Waals surface area (Å²) in [6, 6.07) is 7.51. The molecule has 3 aromatic rings. The first-order valence-electron chi connectivity index (χ1n) is 7.69. The van der Waals surface area contributed by atoms with Crippen LogP contribution in [0.4, 0.5) is 5.69 Å². The van der Waals surface area contributed by atoms with Crippen molar-refractivity contribution < 1.29 is 9.53 Å². The molecule has 0 aliphatic heterocycles. The first-order valence-corrected chi connectivity index (χ1v) is 8.57. The maximum Gasteiger partial charge on any atom is 0.230 e. The summed E-state index contributed by atoms with van der Waals surface area (Å²) in [7, 11) is 0. The molecule has 0 atom stereocenters. The molecule has 0 spiro atoms. The third-order valence-corrected chi connectivity index (χ3v) is 4.17. The summed E-state index contributed by atoms with van der Waals surface area (Å²) in [5.41, 5.74) is 1.47. The molecule has 1 aromatic carbocycles. The number of unbranched alkanes of at least 4 members (excludes halogenated alkanes) is 1. The van der Waals surface area contributed by atoms with E-state index in [0.29, 0.717) is 18.0 Å². The molecule has 0 fully saturated rings. The van der Waals surface area contributed by atoms with E-state index >= 15 is 0 Å². The Balaban J connectivity index is 1.64. The second-order valence-electron chi connectivity index (χ2n) is 5.25. The lowest BCUT2D eigenvalue weighted by Gasteiger charge is -2.11. The van der Waals surface area contributed by atoms with Crippen molar-refractivity contribution in [2.24, 2.45) is 0 Å². The van der Waals surface area contributed by atoms with E-state index in [0.717, 1.165) is 23.5 Å². The van der Waals surface area contributed by atoms with E-state index in [4.69, 9.17) is 4.74 Å². The number of para-hydroxylation sites is 2. The molecule has 2 heterocycles. The van der Waals surface area contributed by atoms with Gasteiger partial charge in [-0.1, -0.05) is 25.5 Å². The average Bonchev–Trinajstić information content (AvgIpc) is 3.10. The van der Waals surface area contributed by atoms with Crippen LogP contribution in [0.2, 0.25) is 0 Å². The minimum atomic E-state index is -0.0951. The molecule has 0 aliphatic carbocycles. The largest absolute Gasteiger partial charge is 0.491 e. The molecule has 0 bridgehead atoms. The second-order valence-corrected chi connectivity index (χ2v) is 6.12. The predicted molar refractivity (Wildman–Crippen MR) is 92.2 cm³/mol. The maximum atomic E-state index is 12.3. The fourth-order valence-electron chi connectivity index (χ4n) is 2.24. The first kappa shape index (κ1) is 15.6. The molecule has 0 aliphatic rings. The smallest absolute Gasteiger partial charge is 0.230 e. The Kier molecular flexibility index (Phi) is 4.92. The number of nitrogens with zero attached hydrogens (tertiary/aromatic N) is 2. The van der Waals surface area contributed by atoms with Gasteiger partial charge in [-0.15, -0.1) is 11.3 Å². The molecule has 5 nitrogen and oxygen atoms in total. The van der Waals surface area contributed by atoms with E-state index in [2.05, 4.69) is 17.2 Å². The van der Waals surface area contributed by atoms with Gasteiger partial charge >= 0.3 is 0 Å². The molecule has 0 saturated heterocycles. The van der Waals surface area contributed by atoms with Crippen LogP contribution in [0, 0.1) is 0 Å². The lowest BCUT2D eigenvalue weighted by molar-refractivity contribution is -0.115. The zero-order valence-corrected chi connectivity index (χ0v) is 13.8. The summed E-state index contributed by atoms with van der Waals surface area (Å²) < 4.78 is 7.66. The quantitative estimate of drug-likeness (QED) is 0.672. The fourth-order valence-corrected chi connectivity index (χ4v) is 2.96. The van der Waals surface area contributed by atoms with Crippen molar-refractivity contribution in [1.29, 1.82) is 0 Å². The lowest BCUT2D eigenvalue weighted by atomic mass is 10.2. The second kappa shape index (κ2) is 7.28. The summed E-state index contributed by atoms with van der Waals surface area (Å²) in [6.07, 6.45) is 6.14. The molecule has 3 rings (SSSR count). The monoisotopic (exact) mass is 329 g/mol. The van der Waals surface area contributed by atoms with Gasteiger partial charge in [-0.25, -0.2) is 4.98 Å². The van der Waals surface area contributed by atoms with Crippen LogP contribution in [-0.2, 0) is 11.2 Å². The number of carbonyl (C=O) groups is 1. The van der Waals surface area contributed by atoms with Gasteiger partial charge in [-0.3, -0.25) is 9.20 Å². The summed E-state index contributed by atoms with van der Waals surface area (Å²) >= 11 is 1.55. The number of thiazole rings is 1. The van der Waals surface area contributed by atoms with Crippen molar-refractivity contribution >= 4 is 27.9 Å². The number of fused-ring (bicyclic) bond motifs is 1. The van der Waals surface area contributed by atoms with Gasteiger partial charge in [0.25, 0.3) is 0 Å². The Bertz CT molecular complexity index is 765. The van der Waals surface area contributed by atoms with Crippen molar-refractivity contribution in [3.05, 3.63) is 47.7 Å². The molecule has 0 unspecified atom stereocenters. The molecule has 6 heteroatoms. The minimum absolute atomic E-state index is 0.0951. The maximum absolute atomic E-state index is 12.3. The summed E-state index contributed by atoms with van der Waals surface area (Å²) in [5.74, 6) is 0.613. The van der Waals surface area contributed by atoms with Crippen LogP contribution in [0.3, 0.4) is 0 Å². The Hall–Kier alpha value is -2.34. The molecule has 2 aromatic heterocycles. The Morgan fingerprint density at radius 1 is 1.39 bits per heavy atom. The lowest BCUT2D eigenvalue weighted by Crippen LogP contribution is -2.15. The highest BCUT2D eigenvalue weighted by Crippen LogP contribution is 2.24. The number of hydrogen-bond acceptors (Lipinski definition) is 4. The summed E-state index contributed by atoms with van der Waals surface area (Å²) in [4.78, 5) is 17.6. The normalized spacial score (nSPS) is 10.8. The van der Waals surface area contributed by atoms with Gasteiger partial charge in [-0.05, 0) is 18.6 Å². The Morgan fingerprint density at radius 2 is 2.26 bits per heavy atom. The molecule has 0 saturated carbocycles. The van der Waals surface area contributed by atoms with Crippen LogP contribution in [0.25, 0.3) is 4.96 Å². The highest BCUT2D eigenvalue weighted by Gasteiger charge is 2.11. The van der Waals surface area contributed by atoms with Crippen LogP contribution >= 0.6 is 11.3 Å². The van der Waals surface area contributed by atoms with Gasteiger partial charge in [0.15, 0.2) is 4.96 Å². The molecular formula is C17H19N3O2S. The van der Waals surface area contributed by atoms with Crippen molar-refractivity contribution in [3.8, 4) is 5.75 Å². The number of hydrogen-bond donors (Lipinski definition) is 1. The van der Waals surface area contributed by atoms with Crippen molar-refractivity contribution in [2.45, 2.75) is 26.2 Å². The van der Waals surface area contributed by atoms with E-state index in [1.165, 1.54) is 0 Å². The Morgan fingerprint density at radius 3 is 3.09 bits per heavy atom. The number of carbonyl (C=O) groups excluding carboxylic acids is 1. The molecule has 23 heavy (non-hydrogen) atoms. The topological polar surface area (TPSA) is 55.6 Å². The predicted octanol–water partition coefficient (Wildman–Crippen LogP) is 3.76. The number of rotatable bonds is 7. The van der Waals surface area contributed by atoms with Crippen molar-refractivity contribution in [2.75, 3.05) is 11.9 Å². The van der Waals surface area contributed by atoms with Gasteiger partial charge in [0.05, 0.1) is 24.4 Å². The van der Waals surface area contributed by atoms with Crippen molar-refractivity contribution in [1.82, 2.24) is 9.38 Å². The molecule has 1 amide bonds. The zero-order chi connectivity index (χ0) is 16.1. The molecule has 0 radical (unpaired) electrons. The van der Waals surface area contributed by atoms with Crippen LogP contribution in [0.1, 0.15) is 25.5 Å². The van der Waals surface area contributed by atoms with E-state index in [9.17, 15) is 4.79 Å². The highest BCUT2D eigenvalue weighted by molar-refractivity contribution is 7.15. The average molecular weight is 329 g/mol. The van der Waals surface area contributed by atoms with Crippen LogP contribution in [0.15, 0.2) is 42.0 Å². The van der Waals surface area contributed by atoms with Crippen LogP contribution in [-0.4, -0.2) is 21.9 Å². The van der Waals surface area contributed by atoms with E-state index in [-0.39, 0.29) is 12.3 Å². The molecule has 1 N–H and O–H groups in total. The van der Waals surface area contributed by atoms with Crippen molar-refractivity contribution in [3.63, 3.8) is 0 Å². The number of aromatic nitrogens is 2. The van der Waals surface area contributed by atoms with E-state index in [1.807, 2.05) is 46.4 Å². The molecular weight excluding hydrogens is 310 g/mol. The zero-order valence-electron chi connectivity index (χ0n) is 13.0. The van der Waals surface area contributed by atoms with Gasteiger partial charge in [0.1, 0.15) is 5.75 Å². The van der Waals surface area contributed by atoms with E-state index < -0.39 is 0 Å². The standard InChI is InChI=1S/C17H19N3O2S/c1-2-3-9-22-15-7-5-4-6-14(15)19-16(21)11-13-12-20-8-10-23-17(20)18-13/h4-8,10,12H,2-3,9,11H2,1H3,(H,19,21). The first-order chi connectivity index (χ1) is 11.3. The Labute approximate surface area is 138 Å². The minimum Gasteiger partial charge on any atom is -0.491 e. The van der Waals surface area contributed by atoms with Gasteiger partial charge in [-0.2, -0.15) is 0 Å².